The van der Waals surface area contributed by atoms with E-state index < -0.39 is 0 Å². The minimum Gasteiger partial charge on any atom is -0.441 e. The van der Waals surface area contributed by atoms with Gasteiger partial charge >= 0.3 is 0 Å². The Bertz CT molecular complexity index is 558. The lowest BCUT2D eigenvalue weighted by Crippen LogP contribution is -2.24. The van der Waals surface area contributed by atoms with Gasteiger partial charge < -0.3 is 9.73 Å². The third-order valence-electron chi connectivity index (χ3n) is 3.03. The average molecular weight is 272 g/mol. The molecule has 0 aliphatic heterocycles. The van der Waals surface area contributed by atoms with Crippen molar-refractivity contribution >= 4 is 5.91 Å². The van der Waals surface area contributed by atoms with Crippen LogP contribution < -0.4 is 5.32 Å². The number of aryl methyl sites for hydroxylation is 2. The second kappa shape index (κ2) is 6.89. The summed E-state index contributed by atoms with van der Waals surface area (Å²) in [6.07, 6.45) is 3.60. The van der Waals surface area contributed by atoms with Crippen LogP contribution in [0, 0.1) is 6.92 Å². The summed E-state index contributed by atoms with van der Waals surface area (Å²) >= 11 is 0. The third-order valence-corrected chi connectivity index (χ3v) is 3.03. The van der Waals surface area contributed by atoms with E-state index in [9.17, 15) is 4.79 Å². The predicted octanol–water partition coefficient (Wildman–Crippen LogP) is 3.11. The quantitative estimate of drug-likeness (QED) is 0.879. The number of benzene rings is 1. The van der Waals surface area contributed by atoms with Crippen molar-refractivity contribution < 1.29 is 9.21 Å². The second-order valence-electron chi connectivity index (χ2n) is 4.83. The van der Waals surface area contributed by atoms with Gasteiger partial charge in [0.25, 0.3) is 0 Å². The molecule has 0 radical (unpaired) electrons. The Morgan fingerprint density at radius 2 is 2.05 bits per heavy atom. The molecule has 0 unspecified atom stereocenters. The summed E-state index contributed by atoms with van der Waals surface area (Å²) in [6.45, 7) is 4.80. The lowest BCUT2D eigenvalue weighted by atomic mass is 10.1. The van der Waals surface area contributed by atoms with E-state index in [1.807, 2.05) is 38.1 Å². The smallest absolute Gasteiger partial charge is 0.220 e. The van der Waals surface area contributed by atoms with Crippen LogP contribution in [-0.2, 0) is 11.2 Å². The third kappa shape index (κ3) is 3.95. The van der Waals surface area contributed by atoms with Gasteiger partial charge in [-0.1, -0.05) is 36.8 Å². The van der Waals surface area contributed by atoms with Crippen LogP contribution in [0.25, 0.3) is 11.3 Å². The van der Waals surface area contributed by atoms with Gasteiger partial charge in [0.15, 0.2) is 11.7 Å². The molecule has 20 heavy (non-hydrogen) atoms. The molecule has 0 spiro atoms. The van der Waals surface area contributed by atoms with Crippen LogP contribution in [0.2, 0.25) is 0 Å². The predicted molar refractivity (Wildman–Crippen MR) is 78.3 cm³/mol. The zero-order valence-electron chi connectivity index (χ0n) is 12.0. The van der Waals surface area contributed by atoms with Crippen LogP contribution in [0.15, 0.2) is 34.9 Å². The van der Waals surface area contributed by atoms with Gasteiger partial charge in [-0.2, -0.15) is 0 Å². The molecule has 1 amide bonds. The average Bonchev–Trinajstić information content (AvgIpc) is 2.92. The number of hydrogen-bond acceptors (Lipinski definition) is 3. The Balaban J connectivity index is 1.92. The minimum absolute atomic E-state index is 0.0435. The lowest BCUT2D eigenvalue weighted by Gasteiger charge is -2.01. The fourth-order valence-corrected chi connectivity index (χ4v) is 1.85. The molecule has 2 rings (SSSR count). The van der Waals surface area contributed by atoms with Crippen molar-refractivity contribution in [2.45, 2.75) is 33.1 Å². The zero-order chi connectivity index (χ0) is 14.4. The van der Waals surface area contributed by atoms with Crippen molar-refractivity contribution in [3.05, 3.63) is 41.9 Å². The van der Waals surface area contributed by atoms with Gasteiger partial charge in [0.2, 0.25) is 5.91 Å². The molecule has 1 aromatic carbocycles. The molecule has 0 fully saturated rings. The number of hydrogen-bond donors (Lipinski definition) is 1. The molecule has 2 aromatic rings. The standard InChI is InChI=1S/C16H20N2O2/c1-3-10-17-15(19)8-9-16-18-11-14(20-16)13-6-4-12(2)5-7-13/h4-7,11H,3,8-10H2,1-2H3,(H,17,19). The Morgan fingerprint density at radius 3 is 2.75 bits per heavy atom. The van der Waals surface area contributed by atoms with Crippen LogP contribution in [0.1, 0.15) is 31.2 Å². The maximum atomic E-state index is 11.5. The number of nitrogens with zero attached hydrogens (tertiary/aromatic N) is 1. The topological polar surface area (TPSA) is 55.1 Å². The van der Waals surface area contributed by atoms with Gasteiger partial charge in [0.05, 0.1) is 6.20 Å². The maximum absolute atomic E-state index is 11.5. The summed E-state index contributed by atoms with van der Waals surface area (Å²) < 4.78 is 5.67. The monoisotopic (exact) mass is 272 g/mol. The molecule has 0 saturated carbocycles. The van der Waals surface area contributed by atoms with Gasteiger partial charge in [0.1, 0.15) is 0 Å². The number of aromatic nitrogens is 1. The molecule has 0 atom stereocenters. The number of carbonyl (C=O) groups excluding carboxylic acids is 1. The molecule has 4 heteroatoms. The Morgan fingerprint density at radius 1 is 1.30 bits per heavy atom. The van der Waals surface area contributed by atoms with E-state index in [1.54, 1.807) is 6.20 Å². The van der Waals surface area contributed by atoms with Crippen molar-refractivity contribution in [3.8, 4) is 11.3 Å². The van der Waals surface area contributed by atoms with Gasteiger partial charge in [-0.15, -0.1) is 0 Å². The Hall–Kier alpha value is -2.10. The summed E-state index contributed by atoms with van der Waals surface area (Å²) in [6, 6.07) is 8.09. The van der Waals surface area contributed by atoms with Crippen LogP contribution in [0.3, 0.4) is 0 Å². The van der Waals surface area contributed by atoms with Crippen molar-refractivity contribution in [1.82, 2.24) is 10.3 Å². The van der Waals surface area contributed by atoms with Crippen molar-refractivity contribution in [3.63, 3.8) is 0 Å². The number of oxazole rings is 1. The molecule has 0 saturated heterocycles. The number of nitrogens with one attached hydrogen (secondary N) is 1. The molecule has 4 nitrogen and oxygen atoms in total. The van der Waals surface area contributed by atoms with E-state index in [-0.39, 0.29) is 5.91 Å². The lowest BCUT2D eigenvalue weighted by molar-refractivity contribution is -0.121. The van der Waals surface area contributed by atoms with E-state index in [2.05, 4.69) is 10.3 Å². The Kier molecular flexibility index (Phi) is 4.93. The first-order valence-electron chi connectivity index (χ1n) is 6.97. The van der Waals surface area contributed by atoms with Gasteiger partial charge in [0, 0.05) is 24.9 Å². The van der Waals surface area contributed by atoms with E-state index in [4.69, 9.17) is 4.42 Å². The van der Waals surface area contributed by atoms with Crippen molar-refractivity contribution in [2.24, 2.45) is 0 Å². The molecule has 0 bridgehead atoms. The van der Waals surface area contributed by atoms with Gasteiger partial charge in [-0.3, -0.25) is 4.79 Å². The van der Waals surface area contributed by atoms with Crippen LogP contribution in [0.5, 0.6) is 0 Å². The fourth-order valence-electron chi connectivity index (χ4n) is 1.85. The van der Waals surface area contributed by atoms with E-state index >= 15 is 0 Å². The van der Waals surface area contributed by atoms with E-state index in [0.717, 1.165) is 24.3 Å². The highest BCUT2D eigenvalue weighted by Gasteiger charge is 2.08. The van der Waals surface area contributed by atoms with Crippen LogP contribution in [-0.4, -0.2) is 17.4 Å². The first-order chi connectivity index (χ1) is 9.69. The second-order valence-corrected chi connectivity index (χ2v) is 4.83. The summed E-state index contributed by atoms with van der Waals surface area (Å²) in [5, 5.41) is 2.84. The summed E-state index contributed by atoms with van der Waals surface area (Å²) in [4.78, 5) is 15.7. The van der Waals surface area contributed by atoms with Gasteiger partial charge in [-0.25, -0.2) is 4.98 Å². The Labute approximate surface area is 119 Å². The van der Waals surface area contributed by atoms with Crippen LogP contribution >= 0.6 is 0 Å². The van der Waals surface area contributed by atoms with E-state index in [0.29, 0.717) is 18.7 Å². The molecule has 1 aromatic heterocycles. The first kappa shape index (κ1) is 14.3. The number of carbonyl (C=O) groups is 1. The highest BCUT2D eigenvalue weighted by Crippen LogP contribution is 2.21. The van der Waals surface area contributed by atoms with Crippen molar-refractivity contribution in [2.75, 3.05) is 6.54 Å². The molecule has 0 aliphatic carbocycles. The highest BCUT2D eigenvalue weighted by molar-refractivity contribution is 5.75. The normalized spacial score (nSPS) is 10.5. The van der Waals surface area contributed by atoms with E-state index in [1.165, 1.54) is 5.56 Å². The largest absolute Gasteiger partial charge is 0.441 e. The molecule has 1 N–H and O–H groups in total. The maximum Gasteiger partial charge on any atom is 0.220 e. The highest BCUT2D eigenvalue weighted by atomic mass is 16.4. The molecule has 1 heterocycles. The fraction of sp³-hybridized carbons (Fsp3) is 0.375. The van der Waals surface area contributed by atoms with Gasteiger partial charge in [-0.05, 0) is 13.3 Å². The summed E-state index contributed by atoms with van der Waals surface area (Å²) in [5.74, 6) is 1.39. The molecule has 106 valence electrons. The number of amides is 1. The van der Waals surface area contributed by atoms with Crippen molar-refractivity contribution in [1.29, 1.82) is 0 Å². The zero-order valence-corrected chi connectivity index (χ0v) is 12.0. The van der Waals surface area contributed by atoms with Crippen LogP contribution in [0.4, 0.5) is 0 Å². The SMILES string of the molecule is CCCNC(=O)CCc1ncc(-c2ccc(C)cc2)o1. The first-order valence-corrected chi connectivity index (χ1v) is 6.97. The summed E-state index contributed by atoms with van der Waals surface area (Å²) in [5.41, 5.74) is 2.21. The minimum atomic E-state index is 0.0435. The molecular weight excluding hydrogens is 252 g/mol. The molecular formula is C16H20N2O2. The molecule has 0 aliphatic rings. The summed E-state index contributed by atoms with van der Waals surface area (Å²) in [7, 11) is 0. The number of rotatable bonds is 6.